The van der Waals surface area contributed by atoms with Gasteiger partial charge in [-0.3, -0.25) is 4.79 Å². The Bertz CT molecular complexity index is 660. The minimum absolute atomic E-state index is 0.221. The highest BCUT2D eigenvalue weighted by Gasteiger charge is 2.36. The fourth-order valence-electron chi connectivity index (χ4n) is 2.69. The van der Waals surface area contributed by atoms with Gasteiger partial charge in [0.15, 0.2) is 0 Å². The average molecular weight is 283 g/mol. The lowest BCUT2D eigenvalue weighted by atomic mass is 9.96. The molecule has 0 saturated carbocycles. The first-order valence-corrected chi connectivity index (χ1v) is 6.96. The van der Waals surface area contributed by atoms with E-state index in [1.54, 1.807) is 24.7 Å². The van der Waals surface area contributed by atoms with Crippen LogP contribution in [0.25, 0.3) is 6.08 Å². The van der Waals surface area contributed by atoms with Crippen molar-refractivity contribution in [2.75, 3.05) is 6.54 Å². The predicted octanol–water partition coefficient (Wildman–Crippen LogP) is 2.24. The molecule has 1 aromatic heterocycles. The maximum absolute atomic E-state index is 11.8. The molecule has 1 aliphatic rings. The fraction of sp³-hybridized carbons (Fsp3) is 0.235. The molecule has 1 aliphatic carbocycles. The van der Waals surface area contributed by atoms with Crippen molar-refractivity contribution < 1.29 is 14.3 Å². The molecular formula is C17H17NO3. The number of furan rings is 1. The molecule has 2 N–H and O–H groups in total. The van der Waals surface area contributed by atoms with Crippen molar-refractivity contribution in [1.29, 1.82) is 0 Å². The number of carbonyl (C=O) groups excluding carboxylic acids is 1. The Balaban J connectivity index is 1.62. The number of aliphatic hydroxyl groups is 1. The molecule has 0 saturated heterocycles. The lowest BCUT2D eigenvalue weighted by molar-refractivity contribution is -0.117. The highest BCUT2D eigenvalue weighted by Crippen LogP contribution is 2.36. The molecular weight excluding hydrogens is 266 g/mol. The van der Waals surface area contributed by atoms with Crippen LogP contribution in [0.3, 0.4) is 0 Å². The molecule has 108 valence electrons. The Morgan fingerprint density at radius 1 is 1.38 bits per heavy atom. The summed E-state index contributed by atoms with van der Waals surface area (Å²) >= 11 is 0. The van der Waals surface area contributed by atoms with Gasteiger partial charge in [0.1, 0.15) is 5.60 Å². The third-order valence-electron chi connectivity index (χ3n) is 3.85. The number of nitrogens with one attached hydrogen (secondary N) is 1. The highest BCUT2D eigenvalue weighted by molar-refractivity contribution is 5.91. The van der Waals surface area contributed by atoms with Gasteiger partial charge in [-0.2, -0.15) is 0 Å². The minimum atomic E-state index is -0.963. The van der Waals surface area contributed by atoms with Gasteiger partial charge in [-0.1, -0.05) is 24.3 Å². The second-order valence-electron chi connectivity index (χ2n) is 5.30. The van der Waals surface area contributed by atoms with Crippen LogP contribution in [0.15, 0.2) is 53.4 Å². The number of rotatable bonds is 4. The van der Waals surface area contributed by atoms with Crippen LogP contribution in [0, 0.1) is 0 Å². The zero-order chi connectivity index (χ0) is 14.7. The van der Waals surface area contributed by atoms with Crippen molar-refractivity contribution in [1.82, 2.24) is 5.32 Å². The molecule has 0 fully saturated rings. The summed E-state index contributed by atoms with van der Waals surface area (Å²) < 4.78 is 4.92. The molecule has 1 atom stereocenters. The summed E-state index contributed by atoms with van der Waals surface area (Å²) in [5.74, 6) is -0.228. The van der Waals surface area contributed by atoms with Crippen LogP contribution in [0.5, 0.6) is 0 Å². The molecule has 0 unspecified atom stereocenters. The lowest BCUT2D eigenvalue weighted by Crippen LogP contribution is -2.38. The Morgan fingerprint density at radius 2 is 2.24 bits per heavy atom. The van der Waals surface area contributed by atoms with E-state index in [1.807, 2.05) is 24.3 Å². The van der Waals surface area contributed by atoms with Crippen LogP contribution in [-0.2, 0) is 16.8 Å². The average Bonchev–Trinajstić information content (AvgIpc) is 3.13. The normalized spacial score (nSPS) is 20.6. The third-order valence-corrected chi connectivity index (χ3v) is 3.85. The van der Waals surface area contributed by atoms with Crippen molar-refractivity contribution in [2.45, 2.75) is 18.4 Å². The van der Waals surface area contributed by atoms with Gasteiger partial charge >= 0.3 is 0 Å². The van der Waals surface area contributed by atoms with E-state index in [4.69, 9.17) is 4.42 Å². The van der Waals surface area contributed by atoms with Gasteiger partial charge in [0, 0.05) is 11.6 Å². The van der Waals surface area contributed by atoms with E-state index in [0.717, 1.165) is 23.1 Å². The van der Waals surface area contributed by atoms with E-state index in [-0.39, 0.29) is 12.5 Å². The van der Waals surface area contributed by atoms with E-state index in [9.17, 15) is 9.90 Å². The topological polar surface area (TPSA) is 62.5 Å². The Labute approximate surface area is 123 Å². The predicted molar refractivity (Wildman–Crippen MR) is 79.4 cm³/mol. The smallest absolute Gasteiger partial charge is 0.244 e. The van der Waals surface area contributed by atoms with E-state index in [2.05, 4.69) is 5.32 Å². The summed E-state index contributed by atoms with van der Waals surface area (Å²) in [6.07, 6.45) is 7.70. The fourth-order valence-corrected chi connectivity index (χ4v) is 2.69. The van der Waals surface area contributed by atoms with Crippen LogP contribution in [0.4, 0.5) is 0 Å². The van der Waals surface area contributed by atoms with E-state index in [0.29, 0.717) is 6.42 Å². The molecule has 21 heavy (non-hydrogen) atoms. The first-order chi connectivity index (χ1) is 10.2. The van der Waals surface area contributed by atoms with Gasteiger partial charge in [0.2, 0.25) is 5.91 Å². The van der Waals surface area contributed by atoms with Crippen molar-refractivity contribution in [3.8, 4) is 0 Å². The number of fused-ring (bicyclic) bond motifs is 1. The SMILES string of the molecule is O=C(/C=C/c1ccoc1)NC[C@@]1(O)CCc2ccccc21. The molecule has 0 aliphatic heterocycles. The standard InChI is InChI=1S/C17H17NO3/c19-16(6-5-13-8-10-21-11-13)18-12-17(20)9-7-14-3-1-2-4-15(14)17/h1-6,8,10-11,20H,7,9,12H2,(H,18,19)/b6-5+/t17-/m0/s1. The zero-order valence-corrected chi connectivity index (χ0v) is 11.6. The molecule has 1 heterocycles. The van der Waals surface area contributed by atoms with Crippen LogP contribution < -0.4 is 5.32 Å². The zero-order valence-electron chi connectivity index (χ0n) is 11.6. The van der Waals surface area contributed by atoms with E-state index >= 15 is 0 Å². The summed E-state index contributed by atoms with van der Waals surface area (Å²) in [6, 6.07) is 9.60. The monoisotopic (exact) mass is 283 g/mol. The van der Waals surface area contributed by atoms with Gasteiger partial charge in [0.25, 0.3) is 0 Å². The number of aryl methyl sites for hydroxylation is 1. The Hall–Kier alpha value is -2.33. The number of hydrogen-bond donors (Lipinski definition) is 2. The first-order valence-electron chi connectivity index (χ1n) is 6.96. The first kappa shape index (κ1) is 13.6. The quantitative estimate of drug-likeness (QED) is 0.846. The lowest BCUT2D eigenvalue weighted by Gasteiger charge is -2.24. The van der Waals surface area contributed by atoms with Gasteiger partial charge in [0.05, 0.1) is 19.1 Å². The summed E-state index contributed by atoms with van der Waals surface area (Å²) in [5, 5.41) is 13.5. The number of amides is 1. The van der Waals surface area contributed by atoms with Gasteiger partial charge in [-0.25, -0.2) is 0 Å². The van der Waals surface area contributed by atoms with Crippen molar-refractivity contribution >= 4 is 12.0 Å². The van der Waals surface area contributed by atoms with Crippen molar-refractivity contribution in [2.24, 2.45) is 0 Å². The van der Waals surface area contributed by atoms with Crippen LogP contribution in [0.2, 0.25) is 0 Å². The molecule has 0 radical (unpaired) electrons. The molecule has 1 aromatic carbocycles. The second-order valence-corrected chi connectivity index (χ2v) is 5.30. The second kappa shape index (κ2) is 5.58. The minimum Gasteiger partial charge on any atom is -0.472 e. The van der Waals surface area contributed by atoms with E-state index < -0.39 is 5.60 Å². The molecule has 2 aromatic rings. The van der Waals surface area contributed by atoms with Crippen molar-refractivity contribution in [3.05, 3.63) is 65.6 Å². The van der Waals surface area contributed by atoms with Gasteiger partial charge in [-0.15, -0.1) is 0 Å². The number of carbonyl (C=O) groups is 1. The van der Waals surface area contributed by atoms with Crippen LogP contribution in [-0.4, -0.2) is 17.6 Å². The molecule has 4 heteroatoms. The maximum atomic E-state index is 11.8. The molecule has 0 bridgehead atoms. The summed E-state index contributed by atoms with van der Waals surface area (Å²) in [7, 11) is 0. The molecule has 0 spiro atoms. The Kier molecular flexibility index (Phi) is 3.62. The van der Waals surface area contributed by atoms with Crippen LogP contribution >= 0.6 is 0 Å². The summed E-state index contributed by atoms with van der Waals surface area (Å²) in [5.41, 5.74) is 1.94. The molecule has 3 rings (SSSR count). The Morgan fingerprint density at radius 3 is 3.05 bits per heavy atom. The third kappa shape index (κ3) is 2.90. The molecule has 4 nitrogen and oxygen atoms in total. The van der Waals surface area contributed by atoms with Gasteiger partial charge < -0.3 is 14.8 Å². The van der Waals surface area contributed by atoms with Crippen LogP contribution in [0.1, 0.15) is 23.1 Å². The summed E-state index contributed by atoms with van der Waals surface area (Å²) in [6.45, 7) is 0.221. The number of hydrogen-bond acceptors (Lipinski definition) is 3. The largest absolute Gasteiger partial charge is 0.472 e. The molecule has 1 amide bonds. The maximum Gasteiger partial charge on any atom is 0.244 e. The van der Waals surface area contributed by atoms with Crippen molar-refractivity contribution in [3.63, 3.8) is 0 Å². The summed E-state index contributed by atoms with van der Waals surface area (Å²) in [4.78, 5) is 11.8. The number of benzene rings is 1. The van der Waals surface area contributed by atoms with Gasteiger partial charge in [-0.05, 0) is 36.1 Å². The van der Waals surface area contributed by atoms with E-state index in [1.165, 1.54) is 6.08 Å². The highest BCUT2D eigenvalue weighted by atomic mass is 16.3.